The van der Waals surface area contributed by atoms with Gasteiger partial charge in [0, 0.05) is 27.2 Å². The first-order valence-electron chi connectivity index (χ1n) is 5.20. The van der Waals surface area contributed by atoms with E-state index in [4.69, 9.17) is 11.6 Å². The summed E-state index contributed by atoms with van der Waals surface area (Å²) in [5, 5.41) is 4.91. The van der Waals surface area contributed by atoms with E-state index in [0.29, 0.717) is 11.1 Å². The number of aromatic nitrogens is 1. The summed E-state index contributed by atoms with van der Waals surface area (Å²) in [6.45, 7) is 2.12. The lowest BCUT2D eigenvalue weighted by Crippen LogP contribution is -2.10. The summed E-state index contributed by atoms with van der Waals surface area (Å²) >= 11 is 11.1. The van der Waals surface area contributed by atoms with Crippen LogP contribution in [-0.2, 0) is 0 Å². The molecule has 1 aromatic heterocycles. The number of thiazole rings is 1. The fourth-order valence-corrected chi connectivity index (χ4v) is 2.79. The lowest BCUT2D eigenvalue weighted by atomic mass is 10.2. The van der Waals surface area contributed by atoms with Crippen LogP contribution in [0.2, 0.25) is 5.02 Å². The van der Waals surface area contributed by atoms with Gasteiger partial charge in [-0.3, -0.25) is 0 Å². The molecule has 90 valence electrons. The zero-order chi connectivity index (χ0) is 12.4. The first-order valence-corrected chi connectivity index (χ1v) is 7.19. The van der Waals surface area contributed by atoms with Crippen molar-refractivity contribution in [3.05, 3.63) is 38.8 Å². The van der Waals surface area contributed by atoms with E-state index in [-0.39, 0.29) is 0 Å². The van der Waals surface area contributed by atoms with Gasteiger partial charge in [-0.05, 0) is 42.0 Å². The largest absolute Gasteiger partial charge is 0.312 e. The lowest BCUT2D eigenvalue weighted by molar-refractivity contribution is 0.662. The van der Waals surface area contributed by atoms with Gasteiger partial charge in [-0.1, -0.05) is 17.7 Å². The monoisotopic (exact) mass is 330 g/mol. The number of halogens is 2. The minimum atomic E-state index is 0.326. The molecule has 0 radical (unpaired) electrons. The van der Waals surface area contributed by atoms with Gasteiger partial charge in [0.25, 0.3) is 0 Å². The molecule has 0 aliphatic rings. The van der Waals surface area contributed by atoms with Gasteiger partial charge in [0.1, 0.15) is 5.01 Å². The van der Waals surface area contributed by atoms with E-state index in [1.165, 1.54) is 4.88 Å². The topological polar surface area (TPSA) is 24.9 Å². The highest BCUT2D eigenvalue weighted by Gasteiger charge is 2.10. The highest BCUT2D eigenvalue weighted by atomic mass is 79.9. The van der Waals surface area contributed by atoms with Crippen molar-refractivity contribution in [3.63, 3.8) is 0 Å². The summed E-state index contributed by atoms with van der Waals surface area (Å²) < 4.78 is 0.906. The van der Waals surface area contributed by atoms with Crippen LogP contribution in [0.4, 0.5) is 0 Å². The summed E-state index contributed by atoms with van der Waals surface area (Å²) in [5.41, 5.74) is 1.05. The Labute approximate surface area is 118 Å². The molecule has 0 saturated heterocycles. The lowest BCUT2D eigenvalue weighted by Gasteiger charge is -2.04. The molecule has 1 atom stereocenters. The third-order valence-corrected chi connectivity index (χ3v) is 5.01. The van der Waals surface area contributed by atoms with E-state index in [1.807, 2.05) is 31.4 Å². The van der Waals surface area contributed by atoms with Gasteiger partial charge in [-0.2, -0.15) is 0 Å². The smallest absolute Gasteiger partial charge is 0.123 e. The number of hydrogen-bond acceptors (Lipinski definition) is 3. The van der Waals surface area contributed by atoms with Crippen molar-refractivity contribution in [3.8, 4) is 10.6 Å². The Morgan fingerprint density at radius 2 is 2.24 bits per heavy atom. The fourth-order valence-electron chi connectivity index (χ4n) is 1.39. The van der Waals surface area contributed by atoms with Crippen LogP contribution < -0.4 is 5.32 Å². The Morgan fingerprint density at radius 1 is 1.47 bits per heavy atom. The molecule has 5 heteroatoms. The second-order valence-corrected chi connectivity index (χ2v) is 6.03. The summed E-state index contributed by atoms with van der Waals surface area (Å²) in [7, 11) is 1.94. The summed E-state index contributed by atoms with van der Waals surface area (Å²) in [4.78, 5) is 5.65. The molecular formula is C12H12BrClN2S. The summed E-state index contributed by atoms with van der Waals surface area (Å²) in [6, 6.07) is 6.22. The molecule has 1 unspecified atom stereocenters. The maximum atomic E-state index is 6.08. The van der Waals surface area contributed by atoms with Gasteiger partial charge < -0.3 is 5.32 Å². The molecule has 0 spiro atoms. The van der Waals surface area contributed by atoms with Crippen molar-refractivity contribution >= 4 is 38.9 Å². The SMILES string of the molecule is CNC(C)c1cnc(-c2ccc(Br)c(Cl)c2)s1. The van der Waals surface area contributed by atoms with Crippen molar-refractivity contribution in [2.45, 2.75) is 13.0 Å². The number of hydrogen-bond donors (Lipinski definition) is 1. The molecule has 1 N–H and O–H groups in total. The Morgan fingerprint density at radius 3 is 2.88 bits per heavy atom. The van der Waals surface area contributed by atoms with Crippen LogP contribution in [0.25, 0.3) is 10.6 Å². The van der Waals surface area contributed by atoms with Crippen molar-refractivity contribution < 1.29 is 0 Å². The molecular weight excluding hydrogens is 320 g/mol. The molecule has 0 saturated carbocycles. The summed E-state index contributed by atoms with van der Waals surface area (Å²) in [6.07, 6.45) is 1.91. The van der Waals surface area contributed by atoms with E-state index in [9.17, 15) is 0 Å². The van der Waals surface area contributed by atoms with Crippen LogP contribution in [0.5, 0.6) is 0 Å². The predicted molar refractivity (Wildman–Crippen MR) is 77.7 cm³/mol. The quantitative estimate of drug-likeness (QED) is 0.895. The fraction of sp³-hybridized carbons (Fsp3) is 0.250. The van der Waals surface area contributed by atoms with Crippen molar-refractivity contribution in [2.75, 3.05) is 7.05 Å². The van der Waals surface area contributed by atoms with E-state index in [2.05, 4.69) is 33.2 Å². The Bertz CT molecular complexity index is 527. The summed E-state index contributed by atoms with van der Waals surface area (Å²) in [5.74, 6) is 0. The molecule has 0 aliphatic carbocycles. The third kappa shape index (κ3) is 2.88. The second-order valence-electron chi connectivity index (χ2n) is 3.71. The highest BCUT2D eigenvalue weighted by molar-refractivity contribution is 9.10. The number of nitrogens with one attached hydrogen (secondary N) is 1. The maximum absolute atomic E-state index is 6.08. The average Bonchev–Trinajstić information content (AvgIpc) is 2.81. The van der Waals surface area contributed by atoms with Gasteiger partial charge in [0.05, 0.1) is 5.02 Å². The molecule has 17 heavy (non-hydrogen) atoms. The van der Waals surface area contributed by atoms with Crippen molar-refractivity contribution in [1.82, 2.24) is 10.3 Å². The molecule has 0 aliphatic heterocycles. The van der Waals surface area contributed by atoms with Crippen LogP contribution in [0.3, 0.4) is 0 Å². The van der Waals surface area contributed by atoms with E-state index in [0.717, 1.165) is 15.0 Å². The molecule has 1 heterocycles. The molecule has 1 aromatic carbocycles. The first kappa shape index (κ1) is 13.0. The van der Waals surface area contributed by atoms with Gasteiger partial charge in [-0.25, -0.2) is 4.98 Å². The molecule has 0 fully saturated rings. The van der Waals surface area contributed by atoms with Crippen LogP contribution in [0.1, 0.15) is 17.8 Å². The normalized spacial score (nSPS) is 12.7. The molecule has 2 nitrogen and oxygen atoms in total. The molecule has 2 rings (SSSR count). The minimum Gasteiger partial charge on any atom is -0.312 e. The minimum absolute atomic E-state index is 0.326. The standard InChI is InChI=1S/C12H12BrClN2S/c1-7(15-2)11-6-16-12(17-11)8-3-4-9(13)10(14)5-8/h3-7,15H,1-2H3. The van der Waals surface area contributed by atoms with Crippen LogP contribution in [0.15, 0.2) is 28.9 Å². The van der Waals surface area contributed by atoms with E-state index in [1.54, 1.807) is 11.3 Å². The maximum Gasteiger partial charge on any atom is 0.123 e. The molecule has 0 bridgehead atoms. The number of rotatable bonds is 3. The zero-order valence-electron chi connectivity index (χ0n) is 9.50. The zero-order valence-corrected chi connectivity index (χ0v) is 12.7. The third-order valence-electron chi connectivity index (χ3n) is 2.55. The van der Waals surface area contributed by atoms with E-state index < -0.39 is 0 Å². The Balaban J connectivity index is 2.33. The van der Waals surface area contributed by atoms with Gasteiger partial charge in [0.15, 0.2) is 0 Å². The predicted octanol–water partition coefficient (Wildman–Crippen LogP) is 4.51. The first-order chi connectivity index (χ1) is 8.11. The Hall–Kier alpha value is -0.420. The number of nitrogens with zero attached hydrogens (tertiary/aromatic N) is 1. The van der Waals surface area contributed by atoms with Gasteiger partial charge in [0.2, 0.25) is 0 Å². The van der Waals surface area contributed by atoms with Gasteiger partial charge >= 0.3 is 0 Å². The molecule has 2 aromatic rings. The van der Waals surface area contributed by atoms with Crippen molar-refractivity contribution in [1.29, 1.82) is 0 Å². The number of benzene rings is 1. The molecule has 0 amide bonds. The van der Waals surface area contributed by atoms with Crippen LogP contribution in [-0.4, -0.2) is 12.0 Å². The van der Waals surface area contributed by atoms with Crippen LogP contribution >= 0.6 is 38.9 Å². The van der Waals surface area contributed by atoms with E-state index >= 15 is 0 Å². The highest BCUT2D eigenvalue weighted by Crippen LogP contribution is 2.32. The van der Waals surface area contributed by atoms with Crippen LogP contribution in [0, 0.1) is 0 Å². The average molecular weight is 332 g/mol. The van der Waals surface area contributed by atoms with Crippen molar-refractivity contribution in [2.24, 2.45) is 0 Å². The Kier molecular flexibility index (Phi) is 4.20. The second kappa shape index (κ2) is 5.48. The van der Waals surface area contributed by atoms with Gasteiger partial charge in [-0.15, -0.1) is 11.3 Å².